The maximum atomic E-state index is 12.4. The first-order valence-corrected chi connectivity index (χ1v) is 9.54. The molecule has 0 aromatic heterocycles. The second-order valence-corrected chi connectivity index (χ2v) is 8.17. The Balaban J connectivity index is 1.49. The molecule has 144 valence electrons. The third kappa shape index (κ3) is 4.61. The lowest BCUT2D eigenvalue weighted by Gasteiger charge is -2.41. The average Bonchev–Trinajstić information content (AvgIpc) is 2.61. The van der Waals surface area contributed by atoms with Gasteiger partial charge in [0.05, 0.1) is 6.04 Å². The fourth-order valence-electron chi connectivity index (χ4n) is 3.53. The summed E-state index contributed by atoms with van der Waals surface area (Å²) < 4.78 is 11.2. The first-order chi connectivity index (χ1) is 12.3. The molecule has 2 N–H and O–H groups in total. The third-order valence-electron chi connectivity index (χ3n) is 5.19. The second kappa shape index (κ2) is 7.74. The molecule has 2 aliphatic heterocycles. The Kier molecular flexibility index (Phi) is 5.61. The van der Waals surface area contributed by atoms with Crippen molar-refractivity contribution in [3.63, 3.8) is 0 Å². The van der Waals surface area contributed by atoms with E-state index in [1.165, 1.54) is 0 Å². The molecule has 1 aromatic carbocycles. The van der Waals surface area contributed by atoms with Gasteiger partial charge in [-0.1, -0.05) is 6.07 Å². The summed E-state index contributed by atoms with van der Waals surface area (Å²) in [4.78, 5) is 14.8. The molecule has 1 saturated heterocycles. The molecule has 2 amide bonds. The maximum Gasteiger partial charge on any atom is 0.315 e. The first kappa shape index (κ1) is 18.8. The highest BCUT2D eigenvalue weighted by molar-refractivity contribution is 5.74. The second-order valence-electron chi connectivity index (χ2n) is 8.17. The van der Waals surface area contributed by atoms with E-state index >= 15 is 0 Å². The Hall–Kier alpha value is -1.95. The van der Waals surface area contributed by atoms with Gasteiger partial charge in [-0.2, -0.15) is 0 Å². The summed E-state index contributed by atoms with van der Waals surface area (Å²) in [6, 6.07) is 5.85. The minimum absolute atomic E-state index is 0.0968. The monoisotopic (exact) mass is 361 g/mol. The van der Waals surface area contributed by atoms with Crippen molar-refractivity contribution in [3.8, 4) is 11.5 Å². The Morgan fingerprint density at radius 2 is 1.81 bits per heavy atom. The van der Waals surface area contributed by atoms with Gasteiger partial charge in [0.25, 0.3) is 0 Å². The quantitative estimate of drug-likeness (QED) is 0.868. The highest BCUT2D eigenvalue weighted by Gasteiger charge is 2.27. The summed E-state index contributed by atoms with van der Waals surface area (Å²) in [5.74, 6) is 1.51. The highest BCUT2D eigenvalue weighted by Crippen LogP contribution is 2.32. The van der Waals surface area contributed by atoms with E-state index < -0.39 is 0 Å². The SMILES string of the molecule is CC(NC(=O)NC1CCN(C(C)(C)C)CC1)c1ccc2c(c1)OCCO2. The fourth-order valence-corrected chi connectivity index (χ4v) is 3.53. The molecule has 0 aliphatic carbocycles. The number of amides is 2. The van der Waals surface area contributed by atoms with Gasteiger partial charge in [0.2, 0.25) is 0 Å². The zero-order valence-electron chi connectivity index (χ0n) is 16.3. The van der Waals surface area contributed by atoms with E-state index in [4.69, 9.17) is 9.47 Å². The molecule has 1 aromatic rings. The number of fused-ring (bicyclic) bond motifs is 1. The lowest BCUT2D eigenvalue weighted by atomic mass is 9.98. The van der Waals surface area contributed by atoms with Crippen molar-refractivity contribution < 1.29 is 14.3 Å². The molecule has 6 heteroatoms. The normalized spacial score (nSPS) is 19.7. The molecule has 6 nitrogen and oxygen atoms in total. The molecule has 0 bridgehead atoms. The molecule has 3 rings (SSSR count). The molecule has 2 aliphatic rings. The van der Waals surface area contributed by atoms with Crippen LogP contribution in [0.4, 0.5) is 4.79 Å². The van der Waals surface area contributed by atoms with Gasteiger partial charge in [-0.05, 0) is 58.2 Å². The number of piperidine rings is 1. The van der Waals surface area contributed by atoms with Gasteiger partial charge in [0, 0.05) is 24.7 Å². The van der Waals surface area contributed by atoms with Gasteiger partial charge in [-0.25, -0.2) is 4.79 Å². The minimum atomic E-state index is -0.110. The van der Waals surface area contributed by atoms with Crippen molar-refractivity contribution in [1.82, 2.24) is 15.5 Å². The zero-order valence-corrected chi connectivity index (χ0v) is 16.3. The Morgan fingerprint density at radius 1 is 1.15 bits per heavy atom. The molecule has 1 unspecified atom stereocenters. The molecule has 0 radical (unpaired) electrons. The van der Waals surface area contributed by atoms with Crippen molar-refractivity contribution in [2.75, 3.05) is 26.3 Å². The van der Waals surface area contributed by atoms with Gasteiger partial charge in [-0.15, -0.1) is 0 Å². The molecule has 0 saturated carbocycles. The Bertz CT molecular complexity index is 634. The van der Waals surface area contributed by atoms with Crippen LogP contribution >= 0.6 is 0 Å². The van der Waals surface area contributed by atoms with Gasteiger partial charge in [0.1, 0.15) is 13.2 Å². The number of carbonyl (C=O) groups excluding carboxylic acids is 1. The first-order valence-electron chi connectivity index (χ1n) is 9.54. The molecule has 1 atom stereocenters. The number of benzene rings is 1. The van der Waals surface area contributed by atoms with Crippen LogP contribution in [0.3, 0.4) is 0 Å². The van der Waals surface area contributed by atoms with Crippen LogP contribution in [0.5, 0.6) is 11.5 Å². The number of hydrogen-bond donors (Lipinski definition) is 2. The highest BCUT2D eigenvalue weighted by atomic mass is 16.6. The predicted molar refractivity (Wildman–Crippen MR) is 102 cm³/mol. The van der Waals surface area contributed by atoms with Crippen LogP contribution in [0, 0.1) is 0 Å². The fraction of sp³-hybridized carbons (Fsp3) is 0.650. The average molecular weight is 361 g/mol. The summed E-state index contributed by atoms with van der Waals surface area (Å²) in [5.41, 5.74) is 1.20. The van der Waals surface area contributed by atoms with Crippen LogP contribution in [0.15, 0.2) is 18.2 Å². The van der Waals surface area contributed by atoms with E-state index in [1.54, 1.807) is 0 Å². The number of nitrogens with zero attached hydrogens (tertiary/aromatic N) is 1. The standard InChI is InChI=1S/C20H31N3O3/c1-14(15-5-6-17-18(13-15)26-12-11-25-17)21-19(24)22-16-7-9-23(10-8-16)20(2,3)4/h5-6,13-14,16H,7-12H2,1-4H3,(H2,21,22,24). The zero-order chi connectivity index (χ0) is 18.7. The number of ether oxygens (including phenoxy) is 2. The van der Waals surface area contributed by atoms with E-state index in [1.807, 2.05) is 25.1 Å². The summed E-state index contributed by atoms with van der Waals surface area (Å²) >= 11 is 0. The van der Waals surface area contributed by atoms with Crippen LogP contribution in [0.25, 0.3) is 0 Å². The van der Waals surface area contributed by atoms with Crippen LogP contribution in [-0.4, -0.2) is 48.8 Å². The van der Waals surface area contributed by atoms with Crippen molar-refractivity contribution in [3.05, 3.63) is 23.8 Å². The number of carbonyl (C=O) groups is 1. The van der Waals surface area contributed by atoms with Crippen molar-refractivity contribution >= 4 is 6.03 Å². The van der Waals surface area contributed by atoms with Gasteiger partial charge >= 0.3 is 6.03 Å². The predicted octanol–water partition coefficient (Wildman–Crippen LogP) is 3.08. The largest absolute Gasteiger partial charge is 0.486 e. The summed E-state index contributed by atoms with van der Waals surface area (Å²) in [6.45, 7) is 11.9. The van der Waals surface area contributed by atoms with Crippen molar-refractivity contribution in [2.24, 2.45) is 0 Å². The van der Waals surface area contributed by atoms with Gasteiger partial charge in [-0.3, -0.25) is 4.90 Å². The van der Waals surface area contributed by atoms with Gasteiger partial charge < -0.3 is 20.1 Å². The Morgan fingerprint density at radius 3 is 2.46 bits per heavy atom. The molecular weight excluding hydrogens is 330 g/mol. The number of nitrogens with one attached hydrogen (secondary N) is 2. The number of rotatable bonds is 3. The van der Waals surface area contributed by atoms with E-state index in [2.05, 4.69) is 36.3 Å². The minimum Gasteiger partial charge on any atom is -0.486 e. The maximum absolute atomic E-state index is 12.4. The summed E-state index contributed by atoms with van der Waals surface area (Å²) in [5, 5.41) is 6.15. The number of likely N-dealkylation sites (tertiary alicyclic amines) is 1. The van der Waals surface area contributed by atoms with E-state index in [0.717, 1.165) is 43.0 Å². The van der Waals surface area contributed by atoms with Gasteiger partial charge in [0.15, 0.2) is 11.5 Å². The Labute approximate surface area is 156 Å². The van der Waals surface area contributed by atoms with E-state index in [9.17, 15) is 4.79 Å². The van der Waals surface area contributed by atoms with E-state index in [0.29, 0.717) is 13.2 Å². The van der Waals surface area contributed by atoms with E-state index in [-0.39, 0.29) is 23.7 Å². The lowest BCUT2D eigenvalue weighted by molar-refractivity contribution is 0.0977. The van der Waals surface area contributed by atoms with Crippen LogP contribution in [0.1, 0.15) is 52.1 Å². The lowest BCUT2D eigenvalue weighted by Crippen LogP contribution is -2.52. The summed E-state index contributed by atoms with van der Waals surface area (Å²) in [6.07, 6.45) is 1.98. The topological polar surface area (TPSA) is 62.8 Å². The summed E-state index contributed by atoms with van der Waals surface area (Å²) in [7, 11) is 0. The smallest absolute Gasteiger partial charge is 0.315 e. The van der Waals surface area contributed by atoms with Crippen molar-refractivity contribution in [1.29, 1.82) is 0 Å². The number of urea groups is 1. The van der Waals surface area contributed by atoms with Crippen LogP contribution in [-0.2, 0) is 0 Å². The molecule has 26 heavy (non-hydrogen) atoms. The van der Waals surface area contributed by atoms with Crippen LogP contribution in [0.2, 0.25) is 0 Å². The van der Waals surface area contributed by atoms with Crippen LogP contribution < -0.4 is 20.1 Å². The molecular formula is C20H31N3O3. The molecule has 0 spiro atoms. The molecule has 2 heterocycles. The molecule has 1 fully saturated rings. The third-order valence-corrected chi connectivity index (χ3v) is 5.19. The van der Waals surface area contributed by atoms with Crippen molar-refractivity contribution in [2.45, 2.75) is 58.2 Å². The number of hydrogen-bond acceptors (Lipinski definition) is 4.